The van der Waals surface area contributed by atoms with Crippen LogP contribution in [0.4, 0.5) is 4.39 Å². The van der Waals surface area contributed by atoms with E-state index in [0.29, 0.717) is 5.76 Å². The van der Waals surface area contributed by atoms with Gasteiger partial charge in [0.05, 0.1) is 18.4 Å². The smallest absolute Gasteiger partial charge is 0.338 e. The van der Waals surface area contributed by atoms with Gasteiger partial charge >= 0.3 is 5.97 Å². The van der Waals surface area contributed by atoms with Crippen LogP contribution in [0, 0.1) is 5.82 Å². The van der Waals surface area contributed by atoms with Crippen molar-refractivity contribution in [2.75, 3.05) is 6.61 Å². The van der Waals surface area contributed by atoms with E-state index >= 15 is 0 Å². The highest BCUT2D eigenvalue weighted by Gasteiger charge is 2.10. The zero-order chi connectivity index (χ0) is 14.4. The number of carbonyl (C=O) groups is 2. The van der Waals surface area contributed by atoms with Crippen molar-refractivity contribution in [3.8, 4) is 0 Å². The number of amides is 1. The Balaban J connectivity index is 1.77. The van der Waals surface area contributed by atoms with E-state index in [1.165, 1.54) is 24.5 Å². The lowest BCUT2D eigenvalue weighted by Crippen LogP contribution is -2.28. The number of hydrogen-bond acceptors (Lipinski definition) is 4. The molecule has 1 aromatic heterocycles. The molecule has 1 heterocycles. The van der Waals surface area contributed by atoms with Crippen LogP contribution in [0.3, 0.4) is 0 Å². The Morgan fingerprint density at radius 3 is 2.80 bits per heavy atom. The molecule has 0 spiro atoms. The van der Waals surface area contributed by atoms with Crippen LogP contribution in [0.2, 0.25) is 0 Å². The van der Waals surface area contributed by atoms with E-state index in [9.17, 15) is 14.0 Å². The fourth-order valence-electron chi connectivity index (χ4n) is 1.48. The van der Waals surface area contributed by atoms with Gasteiger partial charge in [0.25, 0.3) is 5.91 Å². The topological polar surface area (TPSA) is 68.5 Å². The van der Waals surface area contributed by atoms with E-state index in [4.69, 9.17) is 9.15 Å². The fraction of sp³-hybridized carbons (Fsp3) is 0.143. The van der Waals surface area contributed by atoms with Crippen LogP contribution in [0.15, 0.2) is 47.1 Å². The van der Waals surface area contributed by atoms with Crippen LogP contribution < -0.4 is 5.32 Å². The average Bonchev–Trinajstić information content (AvgIpc) is 2.95. The third-order valence-corrected chi connectivity index (χ3v) is 2.43. The lowest BCUT2D eigenvalue weighted by Gasteiger charge is -2.05. The largest absolute Gasteiger partial charge is 0.467 e. The Hall–Kier alpha value is -2.63. The number of rotatable bonds is 5. The molecule has 0 saturated heterocycles. The number of esters is 1. The second-order valence-electron chi connectivity index (χ2n) is 3.94. The molecular formula is C14H12FNO4. The molecule has 2 rings (SSSR count). The zero-order valence-electron chi connectivity index (χ0n) is 10.5. The van der Waals surface area contributed by atoms with Crippen molar-refractivity contribution in [1.82, 2.24) is 5.32 Å². The lowest BCUT2D eigenvalue weighted by atomic mass is 10.2. The second-order valence-corrected chi connectivity index (χ2v) is 3.94. The zero-order valence-corrected chi connectivity index (χ0v) is 10.5. The van der Waals surface area contributed by atoms with Crippen molar-refractivity contribution in [2.45, 2.75) is 6.54 Å². The molecule has 0 aliphatic heterocycles. The summed E-state index contributed by atoms with van der Waals surface area (Å²) in [5.74, 6) is -1.17. The maximum atomic E-state index is 12.9. The van der Waals surface area contributed by atoms with Crippen LogP contribution in [0.1, 0.15) is 16.1 Å². The number of halogens is 1. The fourth-order valence-corrected chi connectivity index (χ4v) is 1.48. The molecule has 104 valence electrons. The number of nitrogens with one attached hydrogen (secondary N) is 1. The summed E-state index contributed by atoms with van der Waals surface area (Å²) in [6.07, 6.45) is 1.49. The van der Waals surface area contributed by atoms with Crippen molar-refractivity contribution in [2.24, 2.45) is 0 Å². The highest BCUT2D eigenvalue weighted by molar-refractivity contribution is 5.91. The third-order valence-electron chi connectivity index (χ3n) is 2.43. The summed E-state index contributed by atoms with van der Waals surface area (Å²) < 4.78 is 22.7. The number of benzene rings is 1. The van der Waals surface area contributed by atoms with Crippen molar-refractivity contribution < 1.29 is 23.1 Å². The van der Waals surface area contributed by atoms with Crippen molar-refractivity contribution in [3.05, 3.63) is 59.8 Å². The van der Waals surface area contributed by atoms with Gasteiger partial charge in [0, 0.05) is 0 Å². The summed E-state index contributed by atoms with van der Waals surface area (Å²) in [4.78, 5) is 23.0. The summed E-state index contributed by atoms with van der Waals surface area (Å²) >= 11 is 0. The van der Waals surface area contributed by atoms with Gasteiger partial charge in [-0.15, -0.1) is 0 Å². The Bertz CT molecular complexity index is 595. The summed E-state index contributed by atoms with van der Waals surface area (Å²) in [7, 11) is 0. The first-order valence-corrected chi connectivity index (χ1v) is 5.87. The highest BCUT2D eigenvalue weighted by atomic mass is 19.1. The van der Waals surface area contributed by atoms with Gasteiger partial charge in [0.15, 0.2) is 6.61 Å². The Kier molecular flexibility index (Phi) is 4.49. The first kappa shape index (κ1) is 13.8. The van der Waals surface area contributed by atoms with Crippen LogP contribution in [-0.2, 0) is 16.1 Å². The predicted molar refractivity (Wildman–Crippen MR) is 67.2 cm³/mol. The monoisotopic (exact) mass is 277 g/mol. The van der Waals surface area contributed by atoms with Gasteiger partial charge in [-0.25, -0.2) is 9.18 Å². The molecule has 1 amide bonds. The second kappa shape index (κ2) is 6.51. The summed E-state index contributed by atoms with van der Waals surface area (Å²) in [6.45, 7) is -0.223. The summed E-state index contributed by atoms with van der Waals surface area (Å²) in [6, 6.07) is 8.47. The molecule has 0 aliphatic rings. The normalized spacial score (nSPS) is 10.1. The summed E-state index contributed by atoms with van der Waals surface area (Å²) in [5, 5.41) is 2.52. The van der Waals surface area contributed by atoms with E-state index in [1.54, 1.807) is 12.1 Å². The molecule has 1 N–H and O–H groups in total. The van der Waals surface area contributed by atoms with Gasteiger partial charge < -0.3 is 14.5 Å². The molecule has 20 heavy (non-hydrogen) atoms. The number of ether oxygens (including phenoxy) is 1. The van der Waals surface area contributed by atoms with E-state index in [-0.39, 0.29) is 12.1 Å². The number of carbonyl (C=O) groups excluding carboxylic acids is 2. The van der Waals surface area contributed by atoms with Gasteiger partial charge in [0.2, 0.25) is 0 Å². The third kappa shape index (κ3) is 3.94. The van der Waals surface area contributed by atoms with E-state index < -0.39 is 24.3 Å². The molecule has 0 saturated carbocycles. The molecule has 0 fully saturated rings. The molecule has 6 heteroatoms. The molecule has 0 radical (unpaired) electrons. The lowest BCUT2D eigenvalue weighted by molar-refractivity contribution is -0.124. The van der Waals surface area contributed by atoms with E-state index in [2.05, 4.69) is 5.32 Å². The molecule has 2 aromatic rings. The van der Waals surface area contributed by atoms with Gasteiger partial charge in [-0.2, -0.15) is 0 Å². The van der Waals surface area contributed by atoms with Crippen molar-refractivity contribution in [1.29, 1.82) is 0 Å². The quantitative estimate of drug-likeness (QED) is 0.847. The maximum Gasteiger partial charge on any atom is 0.338 e. The van der Waals surface area contributed by atoms with Crippen molar-refractivity contribution >= 4 is 11.9 Å². The van der Waals surface area contributed by atoms with Crippen molar-refractivity contribution in [3.63, 3.8) is 0 Å². The van der Waals surface area contributed by atoms with Gasteiger partial charge in [-0.3, -0.25) is 4.79 Å². The minimum Gasteiger partial charge on any atom is -0.467 e. The molecule has 0 aliphatic carbocycles. The predicted octanol–water partition coefficient (Wildman–Crippen LogP) is 1.89. The van der Waals surface area contributed by atoms with E-state index in [0.717, 1.165) is 6.07 Å². The van der Waals surface area contributed by atoms with Crippen LogP contribution in [-0.4, -0.2) is 18.5 Å². The average molecular weight is 277 g/mol. The van der Waals surface area contributed by atoms with Gasteiger partial charge in [0.1, 0.15) is 11.6 Å². The molecule has 5 nitrogen and oxygen atoms in total. The molecule has 0 atom stereocenters. The van der Waals surface area contributed by atoms with Gasteiger partial charge in [-0.05, 0) is 30.3 Å². The standard InChI is InChI=1S/C14H12FNO4/c15-11-4-1-3-10(7-11)14(18)20-9-13(17)16-8-12-5-2-6-19-12/h1-7H,8-9H2,(H,16,17). The minimum atomic E-state index is -0.752. The van der Waals surface area contributed by atoms with Crippen LogP contribution in [0.25, 0.3) is 0 Å². The highest BCUT2D eigenvalue weighted by Crippen LogP contribution is 2.05. The first-order valence-electron chi connectivity index (χ1n) is 5.87. The van der Waals surface area contributed by atoms with Crippen LogP contribution >= 0.6 is 0 Å². The number of furan rings is 1. The maximum absolute atomic E-state index is 12.9. The molecule has 0 bridgehead atoms. The minimum absolute atomic E-state index is 0.0591. The van der Waals surface area contributed by atoms with Crippen LogP contribution in [0.5, 0.6) is 0 Å². The van der Waals surface area contributed by atoms with E-state index in [1.807, 2.05) is 0 Å². The first-order chi connectivity index (χ1) is 9.65. The molecule has 1 aromatic carbocycles. The SMILES string of the molecule is O=C(COC(=O)c1cccc(F)c1)NCc1ccco1. The Morgan fingerprint density at radius 1 is 1.25 bits per heavy atom. The molecule has 0 unspecified atom stereocenters. The number of hydrogen-bond donors (Lipinski definition) is 1. The molecular weight excluding hydrogens is 265 g/mol. The van der Waals surface area contributed by atoms with Gasteiger partial charge in [-0.1, -0.05) is 6.07 Å². The Labute approximate surface area is 114 Å². The Morgan fingerprint density at radius 2 is 2.10 bits per heavy atom. The summed E-state index contributed by atoms with van der Waals surface area (Å²) in [5.41, 5.74) is 0.0591.